The highest BCUT2D eigenvalue weighted by Crippen LogP contribution is 2.02. The summed E-state index contributed by atoms with van der Waals surface area (Å²) < 4.78 is 0. The van der Waals surface area contributed by atoms with Gasteiger partial charge in [0.2, 0.25) is 0 Å². The zero-order valence-electron chi connectivity index (χ0n) is 7.58. The fraction of sp³-hybridized carbons (Fsp3) is 1.00. The first-order valence-electron chi connectivity index (χ1n) is 3.65. The molecule has 0 saturated carbocycles. The Labute approximate surface area is 80.5 Å². The second-order valence-corrected chi connectivity index (χ2v) is 2.71. The van der Waals surface area contributed by atoms with Crippen LogP contribution in [0.15, 0.2) is 0 Å². The Morgan fingerprint density at radius 3 is 1.55 bits per heavy atom. The van der Waals surface area contributed by atoms with Crippen molar-refractivity contribution in [3.05, 3.63) is 0 Å². The molecular formula is C7H22AlN3. The van der Waals surface area contributed by atoms with Crippen molar-refractivity contribution in [1.82, 2.24) is 16.0 Å². The van der Waals surface area contributed by atoms with Gasteiger partial charge in [-0.3, -0.25) is 0 Å². The van der Waals surface area contributed by atoms with E-state index in [1.54, 1.807) is 0 Å². The molecule has 1 atom stereocenters. The van der Waals surface area contributed by atoms with Crippen LogP contribution in [0, 0.1) is 0 Å². The lowest BCUT2D eigenvalue weighted by molar-refractivity contribution is 0.251. The summed E-state index contributed by atoms with van der Waals surface area (Å²) >= 11 is 0. The lowest BCUT2D eigenvalue weighted by atomic mass is 10.1. The molecule has 0 saturated heterocycles. The van der Waals surface area contributed by atoms with Gasteiger partial charge < -0.3 is 16.0 Å². The Balaban J connectivity index is 0. The van der Waals surface area contributed by atoms with Gasteiger partial charge in [-0.15, -0.1) is 0 Å². The van der Waals surface area contributed by atoms with E-state index in [-0.39, 0.29) is 23.0 Å². The zero-order chi connectivity index (χ0) is 8.20. The normalized spacial score (nSPS) is 13.9. The molecule has 0 fully saturated rings. The van der Waals surface area contributed by atoms with Crippen LogP contribution in [-0.2, 0) is 0 Å². The van der Waals surface area contributed by atoms with Crippen molar-refractivity contribution in [2.75, 3.05) is 21.1 Å². The van der Waals surface area contributed by atoms with E-state index in [1.165, 1.54) is 0 Å². The summed E-state index contributed by atoms with van der Waals surface area (Å²) in [4.78, 5) is 0. The van der Waals surface area contributed by atoms with Gasteiger partial charge in [-0.1, -0.05) is 0 Å². The van der Waals surface area contributed by atoms with Crippen molar-refractivity contribution >= 4 is 17.4 Å². The van der Waals surface area contributed by atoms with Crippen LogP contribution < -0.4 is 16.0 Å². The van der Waals surface area contributed by atoms with Gasteiger partial charge in [0.05, 0.1) is 5.66 Å². The number of hydrogen-bond acceptors (Lipinski definition) is 3. The van der Waals surface area contributed by atoms with Gasteiger partial charge in [-0.25, -0.2) is 0 Å². The molecule has 0 rings (SSSR count). The Morgan fingerprint density at radius 2 is 1.45 bits per heavy atom. The average Bonchev–Trinajstić information content (AvgIpc) is 2.01. The first-order chi connectivity index (χ1) is 4.60. The fourth-order valence-electron chi connectivity index (χ4n) is 0.847. The molecule has 3 nitrogen and oxygen atoms in total. The van der Waals surface area contributed by atoms with Crippen molar-refractivity contribution in [3.8, 4) is 0 Å². The van der Waals surface area contributed by atoms with Crippen LogP contribution in [0.5, 0.6) is 0 Å². The summed E-state index contributed by atoms with van der Waals surface area (Å²) in [7, 11) is 5.85. The molecule has 0 radical (unpaired) electrons. The van der Waals surface area contributed by atoms with Gasteiger partial charge in [0, 0.05) is 6.04 Å². The molecule has 0 aromatic heterocycles. The molecule has 1 unspecified atom stereocenters. The van der Waals surface area contributed by atoms with Crippen molar-refractivity contribution in [1.29, 1.82) is 0 Å². The summed E-state index contributed by atoms with van der Waals surface area (Å²) in [6.45, 7) is 4.25. The van der Waals surface area contributed by atoms with Crippen LogP contribution >= 0.6 is 0 Å². The van der Waals surface area contributed by atoms with Gasteiger partial charge in [-0.2, -0.15) is 0 Å². The molecule has 4 heteroatoms. The largest absolute Gasteiger partial charge is 0.314 e. The van der Waals surface area contributed by atoms with Gasteiger partial charge in [0.15, 0.2) is 17.4 Å². The van der Waals surface area contributed by atoms with Crippen LogP contribution in [0.25, 0.3) is 0 Å². The van der Waals surface area contributed by atoms with E-state index >= 15 is 0 Å². The topological polar surface area (TPSA) is 36.1 Å². The molecule has 0 aliphatic rings. The third kappa shape index (κ3) is 3.55. The lowest BCUT2D eigenvalue weighted by Gasteiger charge is -2.34. The standard InChI is InChI=1S/C7H19N3.Al.3H/c1-6(8-3)7(2,9-4)10-5;;;;/h6,8-10H,1-5H3;;;;. The Morgan fingerprint density at radius 1 is 1.09 bits per heavy atom. The Kier molecular flexibility index (Phi) is 7.60. The molecule has 0 heterocycles. The summed E-state index contributed by atoms with van der Waals surface area (Å²) in [5.41, 5.74) is -0.0191. The number of nitrogens with one attached hydrogen (secondary N) is 3. The molecule has 0 aromatic carbocycles. The number of hydrogen-bond donors (Lipinski definition) is 3. The molecule has 11 heavy (non-hydrogen) atoms. The molecule has 0 bridgehead atoms. The highest BCUT2D eigenvalue weighted by Gasteiger charge is 2.25. The molecule has 0 aromatic rings. The van der Waals surface area contributed by atoms with E-state index in [9.17, 15) is 0 Å². The predicted octanol–water partition coefficient (Wildman–Crippen LogP) is -1.43. The minimum atomic E-state index is -0.0191. The number of likely N-dealkylation sites (N-methyl/N-ethyl adjacent to an activating group) is 3. The van der Waals surface area contributed by atoms with Crippen LogP contribution in [0.1, 0.15) is 13.8 Å². The van der Waals surface area contributed by atoms with Crippen LogP contribution in [-0.4, -0.2) is 50.2 Å². The summed E-state index contributed by atoms with van der Waals surface area (Å²) in [5, 5.41) is 9.59. The van der Waals surface area contributed by atoms with Crippen LogP contribution in [0.3, 0.4) is 0 Å². The SMILES string of the molecule is CNC(C)C(C)(NC)NC.[AlH3]. The molecule has 68 valence electrons. The minimum Gasteiger partial charge on any atom is -0.314 e. The molecule has 3 N–H and O–H groups in total. The van der Waals surface area contributed by atoms with E-state index in [2.05, 4.69) is 29.8 Å². The van der Waals surface area contributed by atoms with E-state index in [1.807, 2.05) is 21.1 Å². The highest BCUT2D eigenvalue weighted by atomic mass is 27.0. The van der Waals surface area contributed by atoms with E-state index in [0.29, 0.717) is 6.04 Å². The fourth-order valence-corrected chi connectivity index (χ4v) is 0.847. The molecule has 0 amide bonds. The van der Waals surface area contributed by atoms with Crippen molar-refractivity contribution in [2.24, 2.45) is 0 Å². The first kappa shape index (κ1) is 14.0. The Bertz CT molecular complexity index is 93.7. The third-order valence-corrected chi connectivity index (χ3v) is 2.34. The molecule has 0 aliphatic carbocycles. The van der Waals surface area contributed by atoms with Gasteiger partial charge in [0.1, 0.15) is 0 Å². The molecular weight excluding hydrogens is 153 g/mol. The maximum atomic E-state index is 3.21. The summed E-state index contributed by atoms with van der Waals surface area (Å²) in [6.07, 6.45) is 0. The molecule has 0 spiro atoms. The van der Waals surface area contributed by atoms with Crippen molar-refractivity contribution in [3.63, 3.8) is 0 Å². The van der Waals surface area contributed by atoms with Crippen LogP contribution in [0.4, 0.5) is 0 Å². The average molecular weight is 175 g/mol. The quantitative estimate of drug-likeness (QED) is 0.362. The number of rotatable bonds is 4. The predicted molar refractivity (Wildman–Crippen MR) is 55.0 cm³/mol. The van der Waals surface area contributed by atoms with Gasteiger partial charge >= 0.3 is 0 Å². The second kappa shape index (κ2) is 5.99. The van der Waals surface area contributed by atoms with Crippen molar-refractivity contribution < 1.29 is 0 Å². The summed E-state index contributed by atoms with van der Waals surface area (Å²) in [5.74, 6) is 0. The van der Waals surface area contributed by atoms with E-state index in [0.717, 1.165) is 0 Å². The third-order valence-electron chi connectivity index (χ3n) is 2.34. The van der Waals surface area contributed by atoms with E-state index < -0.39 is 0 Å². The highest BCUT2D eigenvalue weighted by molar-refractivity contribution is 5.75. The maximum absolute atomic E-state index is 3.21. The first-order valence-corrected chi connectivity index (χ1v) is 3.65. The lowest BCUT2D eigenvalue weighted by Crippen LogP contribution is -2.62. The van der Waals surface area contributed by atoms with Crippen molar-refractivity contribution in [2.45, 2.75) is 25.6 Å². The zero-order valence-corrected chi connectivity index (χ0v) is 7.58. The smallest absolute Gasteiger partial charge is 0.187 e. The monoisotopic (exact) mass is 175 g/mol. The maximum Gasteiger partial charge on any atom is 0.187 e. The minimum absolute atomic E-state index is 0. The molecule has 0 aliphatic heterocycles. The second-order valence-electron chi connectivity index (χ2n) is 2.71. The van der Waals surface area contributed by atoms with Gasteiger partial charge in [-0.05, 0) is 35.0 Å². The van der Waals surface area contributed by atoms with Crippen LogP contribution in [0.2, 0.25) is 0 Å². The van der Waals surface area contributed by atoms with E-state index in [4.69, 9.17) is 0 Å². The van der Waals surface area contributed by atoms with Gasteiger partial charge in [0.25, 0.3) is 0 Å². The Hall–Kier alpha value is 0.412. The summed E-state index contributed by atoms with van der Waals surface area (Å²) in [6, 6.07) is 0.405.